The van der Waals surface area contributed by atoms with Gasteiger partial charge in [-0.2, -0.15) is 0 Å². The Balaban J connectivity index is 2.11. The van der Waals surface area contributed by atoms with Gasteiger partial charge < -0.3 is 16.8 Å². The van der Waals surface area contributed by atoms with Crippen molar-refractivity contribution in [1.29, 1.82) is 0 Å². The highest BCUT2D eigenvalue weighted by Gasteiger charge is 2.06. The van der Waals surface area contributed by atoms with Crippen LogP contribution in [0.25, 0.3) is 0 Å². The van der Waals surface area contributed by atoms with Crippen molar-refractivity contribution in [3.63, 3.8) is 0 Å². The summed E-state index contributed by atoms with van der Waals surface area (Å²) >= 11 is 0. The van der Waals surface area contributed by atoms with Crippen LogP contribution in [0.15, 0.2) is 18.2 Å². The maximum atomic E-state index is 11.9. The van der Waals surface area contributed by atoms with Gasteiger partial charge in [0, 0.05) is 23.5 Å². The summed E-state index contributed by atoms with van der Waals surface area (Å²) in [7, 11) is 0. The van der Waals surface area contributed by atoms with E-state index >= 15 is 0 Å². The first kappa shape index (κ1) is 17.3. The summed E-state index contributed by atoms with van der Waals surface area (Å²) in [5.41, 5.74) is 12.9. The second-order valence-corrected chi connectivity index (χ2v) is 5.62. The van der Waals surface area contributed by atoms with Gasteiger partial charge in [-0.25, -0.2) is 0 Å². The molecule has 0 bridgehead atoms. The van der Waals surface area contributed by atoms with Crippen molar-refractivity contribution in [2.24, 2.45) is 0 Å². The molecule has 1 amide bonds. The molecule has 0 aliphatic rings. The minimum Gasteiger partial charge on any atom is -0.399 e. The standard InChI is InChI=1S/C17H29N3O/c1-2-3-4-5-6-7-8-9-10-20-17(21)14-11-15(18)13-16(19)12-14/h11-13H,2-10,18-19H2,1H3,(H,20,21). The maximum absolute atomic E-state index is 11.9. The monoisotopic (exact) mass is 291 g/mol. The number of nitrogens with two attached hydrogens (primary N) is 2. The quantitative estimate of drug-likeness (QED) is 0.454. The highest BCUT2D eigenvalue weighted by atomic mass is 16.1. The first-order valence-corrected chi connectivity index (χ1v) is 8.07. The number of hydrogen-bond acceptors (Lipinski definition) is 3. The molecule has 0 spiro atoms. The van der Waals surface area contributed by atoms with Gasteiger partial charge in [-0.1, -0.05) is 51.9 Å². The molecule has 5 N–H and O–H groups in total. The van der Waals surface area contributed by atoms with Crippen molar-refractivity contribution in [2.45, 2.75) is 58.3 Å². The van der Waals surface area contributed by atoms with Crippen LogP contribution in [0.5, 0.6) is 0 Å². The third kappa shape index (κ3) is 7.59. The second kappa shape index (κ2) is 10.1. The molecule has 0 atom stereocenters. The molecule has 21 heavy (non-hydrogen) atoms. The molecule has 4 nitrogen and oxygen atoms in total. The van der Waals surface area contributed by atoms with E-state index in [9.17, 15) is 4.79 Å². The molecule has 0 saturated carbocycles. The molecule has 0 unspecified atom stereocenters. The molecule has 0 aliphatic carbocycles. The lowest BCUT2D eigenvalue weighted by Gasteiger charge is -2.07. The van der Waals surface area contributed by atoms with Crippen LogP contribution in [0.3, 0.4) is 0 Å². The van der Waals surface area contributed by atoms with Crippen LogP contribution >= 0.6 is 0 Å². The number of carbonyl (C=O) groups excluding carboxylic acids is 1. The Kier molecular flexibility index (Phi) is 8.32. The molecule has 0 aliphatic heterocycles. The fourth-order valence-corrected chi connectivity index (χ4v) is 2.37. The molecule has 1 rings (SSSR count). The Morgan fingerprint density at radius 2 is 1.43 bits per heavy atom. The Morgan fingerprint density at radius 1 is 0.905 bits per heavy atom. The first-order chi connectivity index (χ1) is 10.1. The van der Waals surface area contributed by atoms with Crippen molar-refractivity contribution >= 4 is 17.3 Å². The Hall–Kier alpha value is -1.71. The van der Waals surface area contributed by atoms with E-state index in [1.165, 1.54) is 44.9 Å². The van der Waals surface area contributed by atoms with Crippen LogP contribution in [0.4, 0.5) is 11.4 Å². The lowest BCUT2D eigenvalue weighted by molar-refractivity contribution is 0.0953. The highest BCUT2D eigenvalue weighted by Crippen LogP contribution is 2.13. The van der Waals surface area contributed by atoms with Crippen LogP contribution in [0.2, 0.25) is 0 Å². The third-order valence-electron chi connectivity index (χ3n) is 3.56. The first-order valence-electron chi connectivity index (χ1n) is 8.07. The van der Waals surface area contributed by atoms with E-state index in [0.29, 0.717) is 23.5 Å². The molecule has 118 valence electrons. The summed E-state index contributed by atoms with van der Waals surface area (Å²) < 4.78 is 0. The molecule has 0 fully saturated rings. The van der Waals surface area contributed by atoms with Crippen molar-refractivity contribution < 1.29 is 4.79 Å². The van der Waals surface area contributed by atoms with Gasteiger partial charge in [0.1, 0.15) is 0 Å². The summed E-state index contributed by atoms with van der Waals surface area (Å²) in [6.07, 6.45) is 10.1. The molecule has 0 heterocycles. The average Bonchev–Trinajstić information content (AvgIpc) is 2.44. The molecule has 4 heteroatoms. The summed E-state index contributed by atoms with van der Waals surface area (Å²) in [4.78, 5) is 11.9. The van der Waals surface area contributed by atoms with E-state index in [1.54, 1.807) is 18.2 Å². The van der Waals surface area contributed by atoms with Crippen molar-refractivity contribution in [1.82, 2.24) is 5.32 Å². The number of nitrogen functional groups attached to an aromatic ring is 2. The molecule has 0 aromatic heterocycles. The van der Waals surface area contributed by atoms with Gasteiger partial charge in [0.05, 0.1) is 0 Å². The van der Waals surface area contributed by atoms with E-state index in [-0.39, 0.29) is 5.91 Å². The van der Waals surface area contributed by atoms with E-state index in [0.717, 1.165) is 6.42 Å². The number of nitrogens with one attached hydrogen (secondary N) is 1. The number of unbranched alkanes of at least 4 members (excludes halogenated alkanes) is 7. The zero-order chi connectivity index (χ0) is 15.5. The van der Waals surface area contributed by atoms with Crippen LogP contribution in [-0.2, 0) is 0 Å². The van der Waals surface area contributed by atoms with Gasteiger partial charge in [0.15, 0.2) is 0 Å². The van der Waals surface area contributed by atoms with Gasteiger partial charge in [-0.3, -0.25) is 4.79 Å². The van der Waals surface area contributed by atoms with E-state index in [1.807, 2.05) is 0 Å². The SMILES string of the molecule is CCCCCCCCCCNC(=O)c1cc(N)cc(N)c1. The van der Waals surface area contributed by atoms with Gasteiger partial charge >= 0.3 is 0 Å². The average molecular weight is 291 g/mol. The normalized spacial score (nSPS) is 10.5. The fourth-order valence-electron chi connectivity index (χ4n) is 2.37. The molecule has 1 aromatic rings. The van der Waals surface area contributed by atoms with Crippen LogP contribution in [0, 0.1) is 0 Å². The van der Waals surface area contributed by atoms with Gasteiger partial charge in [-0.15, -0.1) is 0 Å². The number of rotatable bonds is 10. The highest BCUT2D eigenvalue weighted by molar-refractivity contribution is 5.96. The molecule has 1 aromatic carbocycles. The van der Waals surface area contributed by atoms with Gasteiger partial charge in [-0.05, 0) is 24.6 Å². The fraction of sp³-hybridized carbons (Fsp3) is 0.588. The summed E-state index contributed by atoms with van der Waals surface area (Å²) in [5, 5.41) is 2.91. The lowest BCUT2D eigenvalue weighted by atomic mass is 10.1. The Bertz CT molecular complexity index is 412. The Morgan fingerprint density at radius 3 is 2.00 bits per heavy atom. The molecule has 0 radical (unpaired) electrons. The predicted octanol–water partition coefficient (Wildman–Crippen LogP) is 3.72. The van der Waals surface area contributed by atoms with Crippen LogP contribution < -0.4 is 16.8 Å². The lowest BCUT2D eigenvalue weighted by Crippen LogP contribution is -2.24. The molecular formula is C17H29N3O. The zero-order valence-corrected chi connectivity index (χ0v) is 13.2. The minimum atomic E-state index is -0.100. The number of carbonyl (C=O) groups is 1. The topological polar surface area (TPSA) is 81.1 Å². The van der Waals surface area contributed by atoms with Crippen molar-refractivity contribution in [3.05, 3.63) is 23.8 Å². The van der Waals surface area contributed by atoms with Gasteiger partial charge in [0.2, 0.25) is 0 Å². The van der Waals surface area contributed by atoms with Crippen molar-refractivity contribution in [2.75, 3.05) is 18.0 Å². The van der Waals surface area contributed by atoms with E-state index in [4.69, 9.17) is 11.5 Å². The van der Waals surface area contributed by atoms with Crippen molar-refractivity contribution in [3.8, 4) is 0 Å². The second-order valence-electron chi connectivity index (χ2n) is 5.62. The van der Waals surface area contributed by atoms with Gasteiger partial charge in [0.25, 0.3) is 5.91 Å². The number of hydrogen-bond donors (Lipinski definition) is 3. The summed E-state index contributed by atoms with van der Waals surface area (Å²) in [6, 6.07) is 4.95. The largest absolute Gasteiger partial charge is 0.399 e. The molecule has 0 saturated heterocycles. The summed E-state index contributed by atoms with van der Waals surface area (Å²) in [6.45, 7) is 2.94. The predicted molar refractivity (Wildman–Crippen MR) is 90.2 cm³/mol. The minimum absolute atomic E-state index is 0.100. The summed E-state index contributed by atoms with van der Waals surface area (Å²) in [5.74, 6) is -0.100. The number of anilines is 2. The maximum Gasteiger partial charge on any atom is 0.251 e. The number of amides is 1. The molecular weight excluding hydrogens is 262 g/mol. The van der Waals surface area contributed by atoms with Crippen LogP contribution in [0.1, 0.15) is 68.6 Å². The van der Waals surface area contributed by atoms with Crippen LogP contribution in [-0.4, -0.2) is 12.5 Å². The zero-order valence-electron chi connectivity index (χ0n) is 13.2. The van der Waals surface area contributed by atoms with E-state index < -0.39 is 0 Å². The smallest absolute Gasteiger partial charge is 0.251 e. The number of benzene rings is 1. The van der Waals surface area contributed by atoms with E-state index in [2.05, 4.69) is 12.2 Å². The Labute approximate surface area is 128 Å². The third-order valence-corrected chi connectivity index (χ3v) is 3.56.